The minimum Gasteiger partial charge on any atom is -0.271 e. The van der Waals surface area contributed by atoms with Crippen LogP contribution in [0, 0.1) is 12.3 Å². The standard InChI is InChI=1S/C10H10F3N3/c1-2-3-9(16-14)8-5-4-7(6-15-8)10(11,12)13/h1,4-6,9,16H,3,14H2. The van der Waals surface area contributed by atoms with Gasteiger partial charge in [-0.1, -0.05) is 0 Å². The van der Waals surface area contributed by atoms with Crippen molar-refractivity contribution >= 4 is 0 Å². The van der Waals surface area contributed by atoms with E-state index in [4.69, 9.17) is 12.3 Å². The highest BCUT2D eigenvalue weighted by Gasteiger charge is 2.30. The van der Waals surface area contributed by atoms with Crippen molar-refractivity contribution in [3.8, 4) is 12.3 Å². The van der Waals surface area contributed by atoms with Gasteiger partial charge in [-0.25, -0.2) is 0 Å². The number of hydrogen-bond donors (Lipinski definition) is 2. The molecule has 3 nitrogen and oxygen atoms in total. The Hall–Kier alpha value is -1.58. The van der Waals surface area contributed by atoms with Gasteiger partial charge in [0, 0.05) is 12.6 Å². The van der Waals surface area contributed by atoms with E-state index in [1.165, 1.54) is 6.07 Å². The Labute approximate surface area is 90.8 Å². The fourth-order valence-electron chi connectivity index (χ4n) is 1.15. The third-order valence-electron chi connectivity index (χ3n) is 1.99. The Morgan fingerprint density at radius 3 is 2.56 bits per heavy atom. The highest BCUT2D eigenvalue weighted by Crippen LogP contribution is 2.29. The van der Waals surface area contributed by atoms with E-state index in [0.717, 1.165) is 12.3 Å². The van der Waals surface area contributed by atoms with Crippen molar-refractivity contribution < 1.29 is 13.2 Å². The number of alkyl halides is 3. The van der Waals surface area contributed by atoms with Crippen LogP contribution in [0.25, 0.3) is 0 Å². The maximum absolute atomic E-state index is 12.2. The molecule has 0 spiro atoms. The summed E-state index contributed by atoms with van der Waals surface area (Å²) in [5, 5.41) is 0. The van der Waals surface area contributed by atoms with Crippen LogP contribution in [0.5, 0.6) is 0 Å². The highest BCUT2D eigenvalue weighted by molar-refractivity contribution is 5.19. The van der Waals surface area contributed by atoms with Gasteiger partial charge in [0.15, 0.2) is 0 Å². The molecule has 0 radical (unpaired) electrons. The summed E-state index contributed by atoms with van der Waals surface area (Å²) in [6.07, 6.45) is 1.72. The minimum atomic E-state index is -4.39. The zero-order chi connectivity index (χ0) is 12.2. The van der Waals surface area contributed by atoms with Crippen molar-refractivity contribution in [2.75, 3.05) is 0 Å². The van der Waals surface area contributed by atoms with Gasteiger partial charge >= 0.3 is 6.18 Å². The van der Waals surface area contributed by atoms with E-state index in [9.17, 15) is 13.2 Å². The fraction of sp³-hybridized carbons (Fsp3) is 0.300. The number of hydrazine groups is 1. The Balaban J connectivity index is 2.90. The van der Waals surface area contributed by atoms with Gasteiger partial charge in [-0.2, -0.15) is 13.2 Å². The Morgan fingerprint density at radius 2 is 2.19 bits per heavy atom. The molecule has 0 fully saturated rings. The number of nitrogens with zero attached hydrogens (tertiary/aromatic N) is 1. The number of halogens is 3. The summed E-state index contributed by atoms with van der Waals surface area (Å²) in [6.45, 7) is 0. The topological polar surface area (TPSA) is 50.9 Å². The van der Waals surface area contributed by atoms with Crippen LogP contribution in [0.1, 0.15) is 23.7 Å². The molecular weight excluding hydrogens is 219 g/mol. The third-order valence-corrected chi connectivity index (χ3v) is 1.99. The first-order valence-electron chi connectivity index (χ1n) is 4.41. The molecule has 3 N–H and O–H groups in total. The second kappa shape index (κ2) is 4.96. The zero-order valence-electron chi connectivity index (χ0n) is 8.25. The first-order chi connectivity index (χ1) is 7.49. The van der Waals surface area contributed by atoms with Crippen molar-refractivity contribution in [3.05, 3.63) is 29.6 Å². The molecule has 0 aliphatic rings. The van der Waals surface area contributed by atoms with Gasteiger partial charge in [0.25, 0.3) is 0 Å². The predicted molar refractivity (Wildman–Crippen MR) is 52.8 cm³/mol. The van der Waals surface area contributed by atoms with Gasteiger partial charge < -0.3 is 0 Å². The van der Waals surface area contributed by atoms with E-state index in [-0.39, 0.29) is 6.42 Å². The van der Waals surface area contributed by atoms with Crippen molar-refractivity contribution in [1.82, 2.24) is 10.4 Å². The Bertz CT molecular complexity index is 378. The van der Waals surface area contributed by atoms with Crippen LogP contribution in [0.3, 0.4) is 0 Å². The maximum Gasteiger partial charge on any atom is 0.417 e. The largest absolute Gasteiger partial charge is 0.417 e. The molecule has 6 heteroatoms. The number of rotatable bonds is 3. The molecule has 0 bridgehead atoms. The number of aromatic nitrogens is 1. The van der Waals surface area contributed by atoms with Crippen LogP contribution in [0.2, 0.25) is 0 Å². The van der Waals surface area contributed by atoms with E-state index in [2.05, 4.69) is 16.3 Å². The summed E-state index contributed by atoms with van der Waals surface area (Å²) >= 11 is 0. The van der Waals surface area contributed by atoms with E-state index in [1.807, 2.05) is 0 Å². The van der Waals surface area contributed by atoms with E-state index < -0.39 is 17.8 Å². The molecule has 0 saturated heterocycles. The second-order valence-corrected chi connectivity index (χ2v) is 3.10. The summed E-state index contributed by atoms with van der Waals surface area (Å²) in [5.41, 5.74) is 1.98. The van der Waals surface area contributed by atoms with Gasteiger partial charge in [-0.15, -0.1) is 12.3 Å². The number of terminal acetylenes is 1. The molecule has 16 heavy (non-hydrogen) atoms. The number of pyridine rings is 1. The van der Waals surface area contributed by atoms with Crippen LogP contribution >= 0.6 is 0 Å². The van der Waals surface area contributed by atoms with Crippen molar-refractivity contribution in [2.45, 2.75) is 18.6 Å². The van der Waals surface area contributed by atoms with Crippen LogP contribution in [0.4, 0.5) is 13.2 Å². The molecule has 1 atom stereocenters. The summed E-state index contributed by atoms with van der Waals surface area (Å²) in [6, 6.07) is 1.76. The average Bonchev–Trinajstić information content (AvgIpc) is 2.25. The lowest BCUT2D eigenvalue weighted by Crippen LogP contribution is -2.28. The Morgan fingerprint density at radius 1 is 1.50 bits per heavy atom. The lowest BCUT2D eigenvalue weighted by Gasteiger charge is -2.13. The van der Waals surface area contributed by atoms with E-state index in [0.29, 0.717) is 5.69 Å². The van der Waals surface area contributed by atoms with Crippen LogP contribution < -0.4 is 11.3 Å². The average molecular weight is 229 g/mol. The molecule has 0 aliphatic heterocycles. The first kappa shape index (κ1) is 12.5. The van der Waals surface area contributed by atoms with Crippen LogP contribution in [-0.4, -0.2) is 4.98 Å². The van der Waals surface area contributed by atoms with Crippen molar-refractivity contribution in [2.24, 2.45) is 5.84 Å². The molecule has 1 unspecified atom stereocenters. The van der Waals surface area contributed by atoms with Crippen molar-refractivity contribution in [1.29, 1.82) is 0 Å². The number of hydrogen-bond acceptors (Lipinski definition) is 3. The van der Waals surface area contributed by atoms with Crippen LogP contribution in [0.15, 0.2) is 18.3 Å². The van der Waals surface area contributed by atoms with Gasteiger partial charge in [0.05, 0.1) is 17.3 Å². The van der Waals surface area contributed by atoms with E-state index >= 15 is 0 Å². The SMILES string of the molecule is C#CCC(NN)c1ccc(C(F)(F)F)cn1. The molecule has 1 rings (SSSR count). The molecule has 0 saturated carbocycles. The lowest BCUT2D eigenvalue weighted by atomic mass is 10.1. The zero-order valence-corrected chi connectivity index (χ0v) is 8.25. The summed E-state index contributed by atoms with van der Waals surface area (Å²) < 4.78 is 36.7. The van der Waals surface area contributed by atoms with Gasteiger partial charge in [0.1, 0.15) is 0 Å². The highest BCUT2D eigenvalue weighted by atomic mass is 19.4. The summed E-state index contributed by atoms with van der Waals surface area (Å²) in [4.78, 5) is 3.68. The monoisotopic (exact) mass is 229 g/mol. The second-order valence-electron chi connectivity index (χ2n) is 3.10. The normalized spacial score (nSPS) is 13.2. The fourth-order valence-corrected chi connectivity index (χ4v) is 1.15. The lowest BCUT2D eigenvalue weighted by molar-refractivity contribution is -0.137. The van der Waals surface area contributed by atoms with Gasteiger partial charge in [-0.3, -0.25) is 16.3 Å². The Kier molecular flexibility index (Phi) is 3.88. The summed E-state index contributed by atoms with van der Waals surface area (Å²) in [5.74, 6) is 7.56. The number of nitrogens with one attached hydrogen (secondary N) is 1. The molecule has 0 aliphatic carbocycles. The molecule has 86 valence electrons. The van der Waals surface area contributed by atoms with E-state index in [1.54, 1.807) is 0 Å². The summed E-state index contributed by atoms with van der Waals surface area (Å²) in [7, 11) is 0. The van der Waals surface area contributed by atoms with Crippen LogP contribution in [-0.2, 0) is 6.18 Å². The number of nitrogens with two attached hydrogens (primary N) is 1. The first-order valence-corrected chi connectivity index (χ1v) is 4.41. The maximum atomic E-state index is 12.2. The molecule has 0 aromatic carbocycles. The van der Waals surface area contributed by atoms with Gasteiger partial charge in [0.2, 0.25) is 0 Å². The molecular formula is C10H10F3N3. The molecule has 1 aromatic rings. The molecule has 0 amide bonds. The quantitative estimate of drug-likeness (QED) is 0.470. The third kappa shape index (κ3) is 2.95. The molecule has 1 aromatic heterocycles. The van der Waals surface area contributed by atoms with Crippen molar-refractivity contribution in [3.63, 3.8) is 0 Å². The predicted octanol–water partition coefficient (Wildman–Crippen LogP) is 1.63. The molecule has 1 heterocycles. The minimum absolute atomic E-state index is 0.259. The smallest absolute Gasteiger partial charge is 0.271 e. The van der Waals surface area contributed by atoms with Gasteiger partial charge in [-0.05, 0) is 12.1 Å².